The van der Waals surface area contributed by atoms with E-state index in [1.165, 1.54) is 0 Å². The molecule has 0 aliphatic heterocycles. The maximum atomic E-state index is 11.3. The van der Waals surface area contributed by atoms with Crippen LogP contribution in [0.25, 0.3) is 0 Å². The van der Waals surface area contributed by atoms with Crippen LogP contribution < -0.4 is 5.73 Å². The molecule has 0 unspecified atom stereocenters. The number of carbonyl (C=O) groups is 1. The van der Waals surface area contributed by atoms with Crippen molar-refractivity contribution in [3.63, 3.8) is 0 Å². The molecule has 73 valence electrons. The quantitative estimate of drug-likeness (QED) is 0.708. The Hall–Kier alpha value is 0.501. The van der Waals surface area contributed by atoms with Crippen LogP contribution in [0.5, 0.6) is 0 Å². The second-order valence-corrected chi connectivity index (χ2v) is 16.8. The number of amides is 1. The predicted molar refractivity (Wildman–Crippen MR) is 65.4 cm³/mol. The molecule has 2 nitrogen and oxygen atoms in total. The van der Waals surface area contributed by atoms with Crippen LogP contribution in [0, 0.1) is 0 Å². The van der Waals surface area contributed by atoms with Crippen molar-refractivity contribution >= 4 is 40.9 Å². The van der Waals surface area contributed by atoms with E-state index in [0.29, 0.717) is 0 Å². The Bertz CT molecular complexity index is 170. The molecule has 5 heteroatoms. The van der Waals surface area contributed by atoms with E-state index in [1.807, 2.05) is 0 Å². The summed E-state index contributed by atoms with van der Waals surface area (Å²) < 4.78 is 0. The summed E-state index contributed by atoms with van der Waals surface area (Å²) in [7, 11) is -2.80. The van der Waals surface area contributed by atoms with Crippen LogP contribution in [0.1, 0.15) is 0 Å². The molecule has 0 heterocycles. The van der Waals surface area contributed by atoms with Gasteiger partial charge in [-0.15, -0.1) is 0 Å². The van der Waals surface area contributed by atoms with Gasteiger partial charge in [-0.3, -0.25) is 4.79 Å². The Morgan fingerprint density at radius 3 is 1.23 bits per heavy atom. The van der Waals surface area contributed by atoms with Gasteiger partial charge in [0.2, 0.25) is 5.91 Å². The molecule has 0 aliphatic rings. The summed E-state index contributed by atoms with van der Waals surface area (Å²) in [4.78, 5) is 11.3. The first-order chi connectivity index (χ1) is 5.07. The van der Waals surface area contributed by atoms with Crippen LogP contribution in [0.4, 0.5) is 0 Å². The van der Waals surface area contributed by atoms with Crippen LogP contribution in [0.3, 0.4) is 0 Å². The van der Waals surface area contributed by atoms with Crippen LogP contribution >= 0.6 is 0 Å². The minimum atomic E-state index is -1.40. The third-order valence-electron chi connectivity index (χ3n) is 2.02. The molecule has 0 saturated carbocycles. The molecule has 0 aromatic rings. The molecule has 2 N–H and O–H groups in total. The number of primary amides is 1. The molecule has 0 rings (SSSR count). The molecule has 1 amide bonds. The SMILES string of the molecule is C[Si](C)(C)C(C(N)=O)[Si](C)(C)C.[Li]. The van der Waals surface area contributed by atoms with E-state index in [-0.39, 0.29) is 29.9 Å². The Kier molecular flexibility index (Phi) is 5.93. The van der Waals surface area contributed by atoms with E-state index in [9.17, 15) is 4.79 Å². The van der Waals surface area contributed by atoms with E-state index in [2.05, 4.69) is 39.3 Å². The van der Waals surface area contributed by atoms with Gasteiger partial charge in [0.15, 0.2) is 0 Å². The normalized spacial score (nSPS) is 12.5. The summed E-state index contributed by atoms with van der Waals surface area (Å²) in [5.74, 6) is -0.0756. The molecule has 0 bridgehead atoms. The second-order valence-electron chi connectivity index (χ2n) is 5.57. The molecule has 0 saturated heterocycles. The number of hydrogen-bond donors (Lipinski definition) is 1. The fourth-order valence-electron chi connectivity index (χ4n) is 2.15. The smallest absolute Gasteiger partial charge is 0.215 e. The minimum Gasteiger partial charge on any atom is -0.370 e. The zero-order valence-corrected chi connectivity index (χ0v) is 12.1. The first-order valence-corrected chi connectivity index (χ1v) is 11.5. The molecular formula is C8H21LiNOSi2. The number of hydrogen-bond acceptors (Lipinski definition) is 1. The summed E-state index contributed by atoms with van der Waals surface area (Å²) in [6.45, 7) is 13.3. The van der Waals surface area contributed by atoms with E-state index in [1.54, 1.807) is 0 Å². The number of carbonyl (C=O) groups excluding carboxylic acids is 1. The molecule has 0 fully saturated rings. The van der Waals surface area contributed by atoms with Gasteiger partial charge in [0.05, 0.1) is 16.1 Å². The first kappa shape index (κ1) is 16.0. The van der Waals surface area contributed by atoms with Gasteiger partial charge < -0.3 is 5.73 Å². The molecule has 0 atom stereocenters. The molecule has 0 aliphatic carbocycles. The van der Waals surface area contributed by atoms with Crippen molar-refractivity contribution in [2.75, 3.05) is 0 Å². The van der Waals surface area contributed by atoms with Crippen LogP contribution in [0.2, 0.25) is 44.4 Å². The fourth-order valence-corrected chi connectivity index (χ4v) is 14.3. The topological polar surface area (TPSA) is 43.1 Å². The average Bonchev–Trinajstić information content (AvgIpc) is 1.49. The van der Waals surface area contributed by atoms with Gasteiger partial charge in [0.25, 0.3) is 0 Å². The van der Waals surface area contributed by atoms with Gasteiger partial charge in [-0.1, -0.05) is 39.3 Å². The summed E-state index contributed by atoms with van der Waals surface area (Å²) in [6.07, 6.45) is 0. The fraction of sp³-hybridized carbons (Fsp3) is 0.875. The van der Waals surface area contributed by atoms with Crippen molar-refractivity contribution in [3.05, 3.63) is 0 Å². The molecule has 1 radical (unpaired) electrons. The Balaban J connectivity index is 0. The summed E-state index contributed by atoms with van der Waals surface area (Å²) in [5, 5.41) is 0.199. The molecule has 13 heavy (non-hydrogen) atoms. The van der Waals surface area contributed by atoms with Crippen molar-refractivity contribution in [1.82, 2.24) is 0 Å². The van der Waals surface area contributed by atoms with Crippen molar-refractivity contribution in [2.24, 2.45) is 5.73 Å². The van der Waals surface area contributed by atoms with Crippen molar-refractivity contribution in [3.8, 4) is 0 Å². The van der Waals surface area contributed by atoms with Crippen LogP contribution in [-0.4, -0.2) is 40.9 Å². The Morgan fingerprint density at radius 1 is 1.00 bits per heavy atom. The maximum Gasteiger partial charge on any atom is 0.215 e. The van der Waals surface area contributed by atoms with E-state index in [0.717, 1.165) is 0 Å². The predicted octanol–water partition coefficient (Wildman–Crippen LogP) is 1.68. The van der Waals surface area contributed by atoms with Gasteiger partial charge in [-0.05, 0) is 0 Å². The van der Waals surface area contributed by atoms with Crippen LogP contribution in [-0.2, 0) is 4.79 Å². The van der Waals surface area contributed by atoms with E-state index >= 15 is 0 Å². The van der Waals surface area contributed by atoms with Gasteiger partial charge in [-0.25, -0.2) is 0 Å². The number of nitrogens with two attached hydrogens (primary N) is 1. The first-order valence-electron chi connectivity index (χ1n) is 4.36. The van der Waals surface area contributed by atoms with Gasteiger partial charge in [0.1, 0.15) is 0 Å². The van der Waals surface area contributed by atoms with E-state index in [4.69, 9.17) is 5.73 Å². The average molecular weight is 210 g/mol. The largest absolute Gasteiger partial charge is 0.370 e. The standard InChI is InChI=1S/C8H21NOSi2.Li/c1-11(2,3)8(7(9)10)12(4,5)6;/h8H,1-6H3,(H2,9,10);. The Labute approximate surface area is 95.9 Å². The van der Waals surface area contributed by atoms with Gasteiger partial charge in [-0.2, -0.15) is 0 Å². The van der Waals surface area contributed by atoms with Gasteiger partial charge in [0, 0.05) is 24.0 Å². The van der Waals surface area contributed by atoms with Gasteiger partial charge >= 0.3 is 0 Å². The van der Waals surface area contributed by atoms with E-state index < -0.39 is 16.1 Å². The minimum absolute atomic E-state index is 0. The summed E-state index contributed by atoms with van der Waals surface area (Å²) >= 11 is 0. The molecular weight excluding hydrogens is 189 g/mol. The van der Waals surface area contributed by atoms with Crippen molar-refractivity contribution in [2.45, 2.75) is 44.4 Å². The molecule has 0 aromatic heterocycles. The maximum absolute atomic E-state index is 11.3. The second kappa shape index (κ2) is 4.83. The zero-order valence-electron chi connectivity index (χ0n) is 10.1. The summed E-state index contributed by atoms with van der Waals surface area (Å²) in [5.41, 5.74) is 5.44. The summed E-state index contributed by atoms with van der Waals surface area (Å²) in [6, 6.07) is 0. The van der Waals surface area contributed by atoms with Crippen LogP contribution in [0.15, 0.2) is 0 Å². The third-order valence-corrected chi connectivity index (χ3v) is 11.2. The third kappa shape index (κ3) is 5.06. The van der Waals surface area contributed by atoms with Crippen molar-refractivity contribution in [1.29, 1.82) is 0 Å². The molecule has 0 aromatic carbocycles. The monoisotopic (exact) mass is 210 g/mol. The Morgan fingerprint density at radius 2 is 1.23 bits per heavy atom. The number of rotatable bonds is 3. The van der Waals surface area contributed by atoms with Crippen molar-refractivity contribution < 1.29 is 4.79 Å². The zero-order chi connectivity index (χ0) is 10.2. The molecule has 0 spiro atoms.